The predicted octanol–water partition coefficient (Wildman–Crippen LogP) is 1.80. The van der Waals surface area contributed by atoms with Crippen LogP contribution in [0.4, 0.5) is 0 Å². The van der Waals surface area contributed by atoms with Crippen molar-refractivity contribution in [2.45, 2.75) is 19.5 Å². The third-order valence-corrected chi connectivity index (χ3v) is 3.12. The molecule has 0 aliphatic carbocycles. The van der Waals surface area contributed by atoms with Gasteiger partial charge in [-0.25, -0.2) is 4.98 Å². The SMILES string of the molecule is CC(CO)N(C)Cc1cn2cc(Cl)ccc2n1. The molecule has 2 aromatic heterocycles. The summed E-state index contributed by atoms with van der Waals surface area (Å²) in [5, 5.41) is 9.77. The molecule has 2 heterocycles. The minimum atomic E-state index is 0.128. The molecular formula is C12H16ClN3O. The lowest BCUT2D eigenvalue weighted by Gasteiger charge is -2.21. The van der Waals surface area contributed by atoms with Crippen molar-refractivity contribution < 1.29 is 5.11 Å². The Bertz CT molecular complexity index is 511. The number of hydrogen-bond donors (Lipinski definition) is 1. The first-order valence-corrected chi connectivity index (χ1v) is 5.92. The highest BCUT2D eigenvalue weighted by Crippen LogP contribution is 2.13. The van der Waals surface area contributed by atoms with Gasteiger partial charge in [0.05, 0.1) is 17.3 Å². The highest BCUT2D eigenvalue weighted by Gasteiger charge is 2.10. The number of aliphatic hydroxyl groups excluding tert-OH is 1. The molecule has 1 N–H and O–H groups in total. The van der Waals surface area contributed by atoms with Crippen LogP contribution in [0.2, 0.25) is 5.02 Å². The van der Waals surface area contributed by atoms with E-state index in [9.17, 15) is 0 Å². The Labute approximate surface area is 105 Å². The molecule has 17 heavy (non-hydrogen) atoms. The van der Waals surface area contributed by atoms with E-state index in [0.717, 1.165) is 11.3 Å². The molecular weight excluding hydrogens is 238 g/mol. The number of aliphatic hydroxyl groups is 1. The maximum absolute atomic E-state index is 9.07. The summed E-state index contributed by atoms with van der Waals surface area (Å²) >= 11 is 5.91. The number of imidazole rings is 1. The van der Waals surface area contributed by atoms with Gasteiger partial charge in [-0.1, -0.05) is 11.6 Å². The van der Waals surface area contributed by atoms with Gasteiger partial charge in [0.2, 0.25) is 0 Å². The number of fused-ring (bicyclic) bond motifs is 1. The Morgan fingerprint density at radius 3 is 2.94 bits per heavy atom. The third-order valence-electron chi connectivity index (χ3n) is 2.89. The molecule has 2 aromatic rings. The second-order valence-electron chi connectivity index (χ2n) is 4.29. The molecule has 92 valence electrons. The van der Waals surface area contributed by atoms with E-state index in [1.807, 2.05) is 42.9 Å². The number of nitrogens with zero attached hydrogens (tertiary/aromatic N) is 3. The van der Waals surface area contributed by atoms with E-state index in [2.05, 4.69) is 9.88 Å². The van der Waals surface area contributed by atoms with Gasteiger partial charge >= 0.3 is 0 Å². The quantitative estimate of drug-likeness (QED) is 0.903. The fourth-order valence-corrected chi connectivity index (χ4v) is 1.81. The predicted molar refractivity (Wildman–Crippen MR) is 68.2 cm³/mol. The second-order valence-corrected chi connectivity index (χ2v) is 4.73. The molecule has 0 bridgehead atoms. The maximum Gasteiger partial charge on any atom is 0.137 e. The zero-order valence-electron chi connectivity index (χ0n) is 9.97. The van der Waals surface area contributed by atoms with Crippen LogP contribution in [-0.2, 0) is 6.54 Å². The van der Waals surface area contributed by atoms with E-state index in [1.165, 1.54) is 0 Å². The summed E-state index contributed by atoms with van der Waals surface area (Å²) in [5.41, 5.74) is 1.85. The van der Waals surface area contributed by atoms with E-state index >= 15 is 0 Å². The fourth-order valence-electron chi connectivity index (χ4n) is 1.64. The monoisotopic (exact) mass is 253 g/mol. The molecule has 0 fully saturated rings. The largest absolute Gasteiger partial charge is 0.395 e. The van der Waals surface area contributed by atoms with Crippen LogP contribution in [-0.4, -0.2) is 39.1 Å². The van der Waals surface area contributed by atoms with Gasteiger partial charge < -0.3 is 9.51 Å². The van der Waals surface area contributed by atoms with Gasteiger partial charge in [-0.15, -0.1) is 0 Å². The third kappa shape index (κ3) is 2.77. The molecule has 0 aromatic carbocycles. The van der Waals surface area contributed by atoms with Gasteiger partial charge in [-0.2, -0.15) is 0 Å². The minimum absolute atomic E-state index is 0.128. The molecule has 0 radical (unpaired) electrons. The first-order valence-electron chi connectivity index (χ1n) is 5.54. The summed E-state index contributed by atoms with van der Waals surface area (Å²) in [4.78, 5) is 6.55. The van der Waals surface area contributed by atoms with Crippen molar-refractivity contribution in [1.29, 1.82) is 0 Å². The highest BCUT2D eigenvalue weighted by molar-refractivity contribution is 6.30. The van der Waals surface area contributed by atoms with Crippen molar-refractivity contribution in [3.05, 3.63) is 35.2 Å². The summed E-state index contributed by atoms with van der Waals surface area (Å²) in [7, 11) is 1.97. The van der Waals surface area contributed by atoms with Crippen LogP contribution in [0.15, 0.2) is 24.5 Å². The molecule has 4 nitrogen and oxygen atoms in total. The van der Waals surface area contributed by atoms with Crippen LogP contribution >= 0.6 is 11.6 Å². The zero-order valence-corrected chi connectivity index (χ0v) is 10.7. The molecule has 0 amide bonds. The Hall–Kier alpha value is -1.10. The lowest BCUT2D eigenvalue weighted by atomic mass is 10.3. The van der Waals surface area contributed by atoms with Gasteiger partial charge in [0, 0.05) is 25.0 Å². The average Bonchev–Trinajstić information content (AvgIpc) is 2.69. The van der Waals surface area contributed by atoms with Gasteiger partial charge in [0.25, 0.3) is 0 Å². The van der Waals surface area contributed by atoms with Crippen LogP contribution in [0.1, 0.15) is 12.6 Å². The van der Waals surface area contributed by atoms with Crippen molar-refractivity contribution in [3.8, 4) is 0 Å². The van der Waals surface area contributed by atoms with Crippen molar-refractivity contribution >= 4 is 17.2 Å². The number of aromatic nitrogens is 2. The van der Waals surface area contributed by atoms with Gasteiger partial charge in [-0.3, -0.25) is 4.90 Å². The summed E-state index contributed by atoms with van der Waals surface area (Å²) in [5.74, 6) is 0. The van der Waals surface area contributed by atoms with Crippen molar-refractivity contribution in [2.75, 3.05) is 13.7 Å². The number of rotatable bonds is 4. The number of halogens is 1. The second kappa shape index (κ2) is 5.04. The van der Waals surface area contributed by atoms with Gasteiger partial charge in [0.1, 0.15) is 5.65 Å². The molecule has 1 atom stereocenters. The van der Waals surface area contributed by atoms with Gasteiger partial charge in [-0.05, 0) is 26.1 Å². The van der Waals surface area contributed by atoms with Crippen LogP contribution in [0, 0.1) is 0 Å². The molecule has 0 saturated heterocycles. The summed E-state index contributed by atoms with van der Waals surface area (Å²) in [6, 6.07) is 3.85. The maximum atomic E-state index is 9.07. The zero-order chi connectivity index (χ0) is 12.4. The van der Waals surface area contributed by atoms with Crippen LogP contribution in [0.5, 0.6) is 0 Å². The van der Waals surface area contributed by atoms with Crippen LogP contribution in [0.3, 0.4) is 0 Å². The highest BCUT2D eigenvalue weighted by atomic mass is 35.5. The first kappa shape index (κ1) is 12.4. The number of pyridine rings is 1. The molecule has 5 heteroatoms. The normalized spacial score (nSPS) is 13.5. The summed E-state index contributed by atoms with van der Waals surface area (Å²) in [6.07, 6.45) is 3.80. The Balaban J connectivity index is 2.19. The summed E-state index contributed by atoms with van der Waals surface area (Å²) in [6.45, 7) is 2.84. The molecule has 0 aliphatic rings. The lowest BCUT2D eigenvalue weighted by molar-refractivity contribution is 0.153. The van der Waals surface area contributed by atoms with E-state index in [4.69, 9.17) is 16.7 Å². The summed E-state index contributed by atoms with van der Waals surface area (Å²) < 4.78 is 1.91. The van der Waals surface area contributed by atoms with Gasteiger partial charge in [0.15, 0.2) is 0 Å². The lowest BCUT2D eigenvalue weighted by Crippen LogP contribution is -2.31. The van der Waals surface area contributed by atoms with E-state index in [1.54, 1.807) is 0 Å². The molecule has 0 aliphatic heterocycles. The minimum Gasteiger partial charge on any atom is -0.395 e. The number of hydrogen-bond acceptors (Lipinski definition) is 3. The van der Waals surface area contributed by atoms with E-state index in [0.29, 0.717) is 11.6 Å². The van der Waals surface area contributed by atoms with Crippen molar-refractivity contribution in [3.63, 3.8) is 0 Å². The Kier molecular flexibility index (Phi) is 3.66. The van der Waals surface area contributed by atoms with Crippen LogP contribution in [0.25, 0.3) is 5.65 Å². The van der Waals surface area contributed by atoms with E-state index < -0.39 is 0 Å². The average molecular weight is 254 g/mol. The van der Waals surface area contributed by atoms with Crippen LogP contribution < -0.4 is 0 Å². The molecule has 0 saturated carbocycles. The van der Waals surface area contributed by atoms with Crippen molar-refractivity contribution in [2.24, 2.45) is 0 Å². The first-order chi connectivity index (χ1) is 8.10. The Morgan fingerprint density at radius 1 is 1.47 bits per heavy atom. The smallest absolute Gasteiger partial charge is 0.137 e. The number of likely N-dealkylation sites (N-methyl/N-ethyl adjacent to an activating group) is 1. The van der Waals surface area contributed by atoms with E-state index in [-0.39, 0.29) is 12.6 Å². The standard InChI is InChI=1S/C12H16ClN3O/c1-9(8-17)15(2)6-11-7-16-5-10(13)3-4-12(16)14-11/h3-5,7,9,17H,6,8H2,1-2H3. The topological polar surface area (TPSA) is 40.8 Å². The molecule has 2 rings (SSSR count). The van der Waals surface area contributed by atoms with Crippen molar-refractivity contribution in [1.82, 2.24) is 14.3 Å². The Morgan fingerprint density at radius 2 is 2.24 bits per heavy atom. The fraction of sp³-hybridized carbons (Fsp3) is 0.417. The molecule has 1 unspecified atom stereocenters. The molecule has 0 spiro atoms.